The maximum Gasteiger partial charge on any atom is 0.410 e. The average molecular weight is 457 g/mol. The van der Waals surface area contributed by atoms with E-state index in [0.717, 1.165) is 28.8 Å². The Bertz CT molecular complexity index is 1160. The predicted octanol–water partition coefficient (Wildman–Crippen LogP) is 2.77. The van der Waals surface area contributed by atoms with E-state index in [1.54, 1.807) is 21.1 Å². The molecule has 2 aliphatic heterocycles. The van der Waals surface area contributed by atoms with Crippen LogP contribution in [0.1, 0.15) is 64.0 Å². The number of carbonyl (C=O) groups is 3. The standard InChI is InChI=1S/C24H32N4O5/c1-24(2,3)33-23(32)27-13-11-15(12-14-27)16-7-6-8-17-20(16)26(5)22(31)28(17)18-9-10-19(29)25(4)21(18)30/h6-8,15,18H,9-14H2,1-5H3. The Morgan fingerprint density at radius 3 is 2.33 bits per heavy atom. The molecule has 3 amide bonds. The zero-order chi connectivity index (χ0) is 24.1. The summed E-state index contributed by atoms with van der Waals surface area (Å²) in [5.41, 5.74) is 1.77. The number of hydrogen-bond donors (Lipinski definition) is 0. The van der Waals surface area contributed by atoms with Gasteiger partial charge in [-0.25, -0.2) is 9.59 Å². The summed E-state index contributed by atoms with van der Waals surface area (Å²) in [4.78, 5) is 53.2. The van der Waals surface area contributed by atoms with Gasteiger partial charge in [0, 0.05) is 33.6 Å². The SMILES string of the molecule is CN1C(=O)CCC(n2c(=O)n(C)c3c(C4CCN(C(=O)OC(C)(C)C)CC4)cccc32)C1=O. The van der Waals surface area contributed by atoms with Crippen LogP contribution in [-0.4, -0.2) is 62.6 Å². The molecule has 0 aliphatic carbocycles. The molecular weight excluding hydrogens is 424 g/mol. The van der Waals surface area contributed by atoms with Crippen molar-refractivity contribution >= 4 is 28.9 Å². The lowest BCUT2D eigenvalue weighted by atomic mass is 9.88. The van der Waals surface area contributed by atoms with Gasteiger partial charge >= 0.3 is 11.8 Å². The Labute approximate surface area is 192 Å². The molecule has 9 nitrogen and oxygen atoms in total. The van der Waals surface area contributed by atoms with Gasteiger partial charge in [0.2, 0.25) is 5.91 Å². The zero-order valence-corrected chi connectivity index (χ0v) is 20.0. The summed E-state index contributed by atoms with van der Waals surface area (Å²) < 4.78 is 8.65. The molecule has 0 bridgehead atoms. The Morgan fingerprint density at radius 2 is 1.70 bits per heavy atom. The molecule has 0 N–H and O–H groups in total. The van der Waals surface area contributed by atoms with Crippen LogP contribution in [0.15, 0.2) is 23.0 Å². The quantitative estimate of drug-likeness (QED) is 0.648. The Hall–Kier alpha value is -3.10. The molecule has 178 valence electrons. The third-order valence-electron chi connectivity index (χ3n) is 6.65. The molecule has 1 aromatic carbocycles. The first-order valence-corrected chi connectivity index (χ1v) is 11.5. The molecule has 0 radical (unpaired) electrons. The van der Waals surface area contributed by atoms with E-state index in [1.807, 2.05) is 39.0 Å². The molecule has 2 fully saturated rings. The molecular formula is C24H32N4O5. The number of imide groups is 1. The van der Waals surface area contributed by atoms with Crippen molar-refractivity contribution in [1.82, 2.24) is 18.9 Å². The highest BCUT2D eigenvalue weighted by molar-refractivity contribution is 6.00. The van der Waals surface area contributed by atoms with Crippen LogP contribution in [-0.2, 0) is 21.4 Å². The van der Waals surface area contributed by atoms with Crippen LogP contribution in [0.4, 0.5) is 4.79 Å². The second kappa shape index (κ2) is 8.35. The van der Waals surface area contributed by atoms with Crippen LogP contribution in [0.5, 0.6) is 0 Å². The molecule has 33 heavy (non-hydrogen) atoms. The molecule has 0 spiro atoms. The second-order valence-electron chi connectivity index (χ2n) is 10.0. The smallest absolute Gasteiger partial charge is 0.410 e. The average Bonchev–Trinajstić information content (AvgIpc) is 3.02. The van der Waals surface area contributed by atoms with Crippen LogP contribution in [0.2, 0.25) is 0 Å². The Balaban J connectivity index is 1.63. The number of amides is 3. The van der Waals surface area contributed by atoms with Gasteiger partial charge in [-0.05, 0) is 57.6 Å². The number of aromatic nitrogens is 2. The van der Waals surface area contributed by atoms with Crippen LogP contribution in [0, 0.1) is 0 Å². The minimum atomic E-state index is -0.687. The number of piperidine rings is 2. The lowest BCUT2D eigenvalue weighted by Crippen LogP contribution is -2.45. The highest BCUT2D eigenvalue weighted by Crippen LogP contribution is 2.35. The Kier molecular flexibility index (Phi) is 5.84. The topological polar surface area (TPSA) is 93.9 Å². The van der Waals surface area contributed by atoms with Crippen LogP contribution in [0.25, 0.3) is 11.0 Å². The molecule has 1 atom stereocenters. The maximum atomic E-state index is 13.2. The van der Waals surface area contributed by atoms with Crippen molar-refractivity contribution in [2.75, 3.05) is 20.1 Å². The summed E-state index contributed by atoms with van der Waals surface area (Å²) in [6.07, 6.45) is 1.78. The minimum Gasteiger partial charge on any atom is -0.444 e. The lowest BCUT2D eigenvalue weighted by Gasteiger charge is -2.33. The third kappa shape index (κ3) is 4.16. The predicted molar refractivity (Wildman–Crippen MR) is 123 cm³/mol. The number of likely N-dealkylation sites (tertiary alicyclic amines) is 2. The number of benzene rings is 1. The molecule has 0 saturated carbocycles. The van der Waals surface area contributed by atoms with E-state index in [9.17, 15) is 19.2 Å². The van der Waals surface area contributed by atoms with Crippen molar-refractivity contribution in [3.63, 3.8) is 0 Å². The minimum absolute atomic E-state index is 0.181. The van der Waals surface area contributed by atoms with Crippen LogP contribution < -0.4 is 5.69 Å². The highest BCUT2D eigenvalue weighted by atomic mass is 16.6. The van der Waals surface area contributed by atoms with E-state index in [-0.39, 0.29) is 35.9 Å². The van der Waals surface area contributed by atoms with Crippen molar-refractivity contribution in [3.8, 4) is 0 Å². The monoisotopic (exact) mass is 456 g/mol. The molecule has 1 unspecified atom stereocenters. The van der Waals surface area contributed by atoms with Gasteiger partial charge in [-0.1, -0.05) is 12.1 Å². The first-order valence-electron chi connectivity index (χ1n) is 11.5. The number of aryl methyl sites for hydroxylation is 1. The number of para-hydroxylation sites is 1. The number of ether oxygens (including phenoxy) is 1. The van der Waals surface area contributed by atoms with E-state index in [4.69, 9.17) is 4.74 Å². The first kappa shape index (κ1) is 23.1. The first-order chi connectivity index (χ1) is 15.5. The molecule has 4 rings (SSSR count). The summed E-state index contributed by atoms with van der Waals surface area (Å²) >= 11 is 0. The van der Waals surface area contributed by atoms with Crippen molar-refractivity contribution in [2.45, 2.75) is 64.0 Å². The normalized spacial score (nSPS) is 20.6. The number of hydrogen-bond acceptors (Lipinski definition) is 5. The fourth-order valence-corrected chi connectivity index (χ4v) is 4.94. The van der Waals surface area contributed by atoms with Gasteiger partial charge in [0.25, 0.3) is 5.91 Å². The van der Waals surface area contributed by atoms with Gasteiger partial charge < -0.3 is 9.64 Å². The van der Waals surface area contributed by atoms with E-state index >= 15 is 0 Å². The molecule has 3 heterocycles. The summed E-state index contributed by atoms with van der Waals surface area (Å²) in [5.74, 6) is -0.390. The number of fused-ring (bicyclic) bond motifs is 1. The van der Waals surface area contributed by atoms with Gasteiger partial charge in [-0.15, -0.1) is 0 Å². The van der Waals surface area contributed by atoms with Crippen molar-refractivity contribution in [1.29, 1.82) is 0 Å². The fraction of sp³-hybridized carbons (Fsp3) is 0.583. The van der Waals surface area contributed by atoms with Gasteiger partial charge in [0.05, 0.1) is 11.0 Å². The molecule has 9 heteroatoms. The summed E-state index contributed by atoms with van der Waals surface area (Å²) in [6.45, 7) is 6.73. The summed E-state index contributed by atoms with van der Waals surface area (Å²) in [5, 5.41) is 0. The lowest BCUT2D eigenvalue weighted by molar-refractivity contribution is -0.149. The summed E-state index contributed by atoms with van der Waals surface area (Å²) in [6, 6.07) is 5.11. The molecule has 2 saturated heterocycles. The van der Waals surface area contributed by atoms with Crippen LogP contribution in [0.3, 0.4) is 0 Å². The van der Waals surface area contributed by atoms with E-state index in [0.29, 0.717) is 25.0 Å². The number of likely N-dealkylation sites (N-methyl/N-ethyl adjacent to an activating group) is 1. The van der Waals surface area contributed by atoms with Crippen molar-refractivity contribution in [2.24, 2.45) is 7.05 Å². The second-order valence-corrected chi connectivity index (χ2v) is 10.0. The zero-order valence-electron chi connectivity index (χ0n) is 20.0. The van der Waals surface area contributed by atoms with Gasteiger partial charge in [-0.2, -0.15) is 0 Å². The van der Waals surface area contributed by atoms with Gasteiger partial charge in [0.1, 0.15) is 11.6 Å². The largest absolute Gasteiger partial charge is 0.444 e. The summed E-state index contributed by atoms with van der Waals surface area (Å²) in [7, 11) is 3.19. The molecule has 2 aliphatic rings. The van der Waals surface area contributed by atoms with Crippen molar-refractivity contribution in [3.05, 3.63) is 34.2 Å². The maximum absolute atomic E-state index is 13.2. The van der Waals surface area contributed by atoms with Crippen LogP contribution >= 0.6 is 0 Å². The number of rotatable bonds is 2. The van der Waals surface area contributed by atoms with Crippen molar-refractivity contribution < 1.29 is 19.1 Å². The van der Waals surface area contributed by atoms with E-state index < -0.39 is 11.6 Å². The molecule has 2 aromatic rings. The number of nitrogens with zero attached hydrogens (tertiary/aromatic N) is 4. The van der Waals surface area contributed by atoms with E-state index in [2.05, 4.69) is 0 Å². The van der Waals surface area contributed by atoms with Gasteiger partial charge in [-0.3, -0.25) is 23.6 Å². The number of imidazole rings is 1. The van der Waals surface area contributed by atoms with Gasteiger partial charge in [0.15, 0.2) is 0 Å². The Morgan fingerprint density at radius 1 is 1.03 bits per heavy atom. The highest BCUT2D eigenvalue weighted by Gasteiger charge is 2.36. The molecule has 1 aromatic heterocycles. The number of carbonyl (C=O) groups excluding carboxylic acids is 3. The van der Waals surface area contributed by atoms with E-state index in [1.165, 1.54) is 7.05 Å². The fourth-order valence-electron chi connectivity index (χ4n) is 4.94. The third-order valence-corrected chi connectivity index (χ3v) is 6.65.